The highest BCUT2D eigenvalue weighted by atomic mass is 16.2. The van der Waals surface area contributed by atoms with Crippen LogP contribution in [0.15, 0.2) is 60.7 Å². The standard InChI is InChI=1S/C23H27N3O2/c1-17(2)16-25-11-13-26(14-12-25)23(28)21-9-7-20(8-10-21)19-5-3-18(4-6-19)15-22(24)27/h3-10H,1,11-16H2,2H3,(H2,24,27). The van der Waals surface area contributed by atoms with Crippen molar-refractivity contribution in [3.63, 3.8) is 0 Å². The van der Waals surface area contributed by atoms with E-state index in [1.54, 1.807) is 0 Å². The lowest BCUT2D eigenvalue weighted by Gasteiger charge is -2.34. The second kappa shape index (κ2) is 8.85. The van der Waals surface area contributed by atoms with Gasteiger partial charge in [-0.25, -0.2) is 0 Å². The summed E-state index contributed by atoms with van der Waals surface area (Å²) in [5.74, 6) is -0.255. The number of nitrogens with two attached hydrogens (primary N) is 1. The Morgan fingerprint density at radius 3 is 1.96 bits per heavy atom. The van der Waals surface area contributed by atoms with Gasteiger partial charge in [0.1, 0.15) is 0 Å². The quantitative estimate of drug-likeness (QED) is 0.787. The molecule has 0 radical (unpaired) electrons. The molecule has 0 aromatic heterocycles. The summed E-state index contributed by atoms with van der Waals surface area (Å²) in [6.45, 7) is 10.1. The second-order valence-corrected chi connectivity index (χ2v) is 7.44. The van der Waals surface area contributed by atoms with Gasteiger partial charge in [-0.3, -0.25) is 14.5 Å². The van der Waals surface area contributed by atoms with E-state index in [4.69, 9.17) is 5.73 Å². The molecule has 0 unspecified atom stereocenters. The van der Waals surface area contributed by atoms with Gasteiger partial charge in [0, 0.05) is 38.3 Å². The number of hydrogen-bond donors (Lipinski definition) is 1. The number of hydrogen-bond acceptors (Lipinski definition) is 3. The van der Waals surface area contributed by atoms with Gasteiger partial charge >= 0.3 is 0 Å². The van der Waals surface area contributed by atoms with E-state index in [-0.39, 0.29) is 18.2 Å². The largest absolute Gasteiger partial charge is 0.369 e. The Morgan fingerprint density at radius 1 is 0.929 bits per heavy atom. The van der Waals surface area contributed by atoms with Gasteiger partial charge in [-0.2, -0.15) is 0 Å². The van der Waals surface area contributed by atoms with E-state index in [2.05, 4.69) is 11.5 Å². The summed E-state index contributed by atoms with van der Waals surface area (Å²) in [7, 11) is 0. The molecule has 1 aliphatic heterocycles. The predicted octanol–water partition coefficient (Wildman–Crippen LogP) is 2.72. The minimum Gasteiger partial charge on any atom is -0.369 e. The Labute approximate surface area is 166 Å². The van der Waals surface area contributed by atoms with Crippen LogP contribution >= 0.6 is 0 Å². The zero-order chi connectivity index (χ0) is 20.1. The zero-order valence-corrected chi connectivity index (χ0v) is 16.4. The van der Waals surface area contributed by atoms with Crippen molar-refractivity contribution in [3.05, 3.63) is 71.8 Å². The highest BCUT2D eigenvalue weighted by Crippen LogP contribution is 2.21. The Balaban J connectivity index is 1.62. The van der Waals surface area contributed by atoms with Crippen LogP contribution in [0.5, 0.6) is 0 Å². The Bertz CT molecular complexity index is 848. The number of piperazine rings is 1. The van der Waals surface area contributed by atoms with E-state index in [1.165, 1.54) is 0 Å². The second-order valence-electron chi connectivity index (χ2n) is 7.44. The Hall–Kier alpha value is -2.92. The number of rotatable bonds is 6. The summed E-state index contributed by atoms with van der Waals surface area (Å²) < 4.78 is 0. The molecule has 2 amide bonds. The summed E-state index contributed by atoms with van der Waals surface area (Å²) in [6, 6.07) is 15.4. The average molecular weight is 377 g/mol. The maximum Gasteiger partial charge on any atom is 0.253 e. The van der Waals surface area contributed by atoms with Gasteiger partial charge in [0.15, 0.2) is 0 Å². The molecule has 1 fully saturated rings. The van der Waals surface area contributed by atoms with E-state index >= 15 is 0 Å². The van der Waals surface area contributed by atoms with Crippen LogP contribution in [0.4, 0.5) is 0 Å². The number of primary amides is 1. The van der Waals surface area contributed by atoms with Crippen molar-refractivity contribution in [1.82, 2.24) is 9.80 Å². The molecule has 5 heteroatoms. The fourth-order valence-corrected chi connectivity index (χ4v) is 3.49. The molecule has 1 saturated heterocycles. The van der Waals surface area contributed by atoms with Crippen molar-refractivity contribution in [2.75, 3.05) is 32.7 Å². The first-order valence-electron chi connectivity index (χ1n) is 9.56. The summed E-state index contributed by atoms with van der Waals surface area (Å²) in [4.78, 5) is 28.0. The van der Waals surface area contributed by atoms with E-state index in [9.17, 15) is 9.59 Å². The number of benzene rings is 2. The van der Waals surface area contributed by atoms with Crippen LogP contribution in [0.2, 0.25) is 0 Å². The SMILES string of the molecule is C=C(C)CN1CCN(C(=O)c2ccc(-c3ccc(CC(N)=O)cc3)cc2)CC1. The van der Waals surface area contributed by atoms with Gasteiger partial charge < -0.3 is 10.6 Å². The van der Waals surface area contributed by atoms with E-state index in [0.717, 1.165) is 55.0 Å². The topological polar surface area (TPSA) is 66.6 Å². The van der Waals surface area contributed by atoms with Crippen LogP contribution in [0.3, 0.4) is 0 Å². The first-order valence-corrected chi connectivity index (χ1v) is 9.56. The van der Waals surface area contributed by atoms with Gasteiger partial charge in [0.25, 0.3) is 5.91 Å². The molecule has 0 aliphatic carbocycles. The first-order chi connectivity index (χ1) is 13.4. The molecule has 5 nitrogen and oxygen atoms in total. The molecular formula is C23H27N3O2. The minimum absolute atomic E-state index is 0.0818. The third kappa shape index (κ3) is 5.08. The molecule has 2 aromatic carbocycles. The number of carbonyl (C=O) groups excluding carboxylic acids is 2. The third-order valence-electron chi connectivity index (χ3n) is 4.95. The highest BCUT2D eigenvalue weighted by Gasteiger charge is 2.21. The number of carbonyl (C=O) groups is 2. The van der Waals surface area contributed by atoms with Crippen LogP contribution in [-0.2, 0) is 11.2 Å². The fourth-order valence-electron chi connectivity index (χ4n) is 3.49. The summed E-state index contributed by atoms with van der Waals surface area (Å²) in [5, 5.41) is 0. The molecule has 0 saturated carbocycles. The molecule has 1 heterocycles. The van der Waals surface area contributed by atoms with Crippen LogP contribution in [0, 0.1) is 0 Å². The fraction of sp³-hybridized carbons (Fsp3) is 0.304. The number of nitrogens with zero attached hydrogens (tertiary/aromatic N) is 2. The smallest absolute Gasteiger partial charge is 0.253 e. The third-order valence-corrected chi connectivity index (χ3v) is 4.95. The predicted molar refractivity (Wildman–Crippen MR) is 112 cm³/mol. The average Bonchev–Trinajstić information content (AvgIpc) is 2.68. The molecular weight excluding hydrogens is 350 g/mol. The van der Waals surface area contributed by atoms with Crippen LogP contribution in [0.25, 0.3) is 11.1 Å². The van der Waals surface area contributed by atoms with Crippen LogP contribution < -0.4 is 5.73 Å². The minimum atomic E-state index is -0.337. The monoisotopic (exact) mass is 377 g/mol. The van der Waals surface area contributed by atoms with Gasteiger partial charge in [-0.1, -0.05) is 48.6 Å². The van der Waals surface area contributed by atoms with Gasteiger partial charge in [-0.05, 0) is 35.7 Å². The Morgan fingerprint density at radius 2 is 1.46 bits per heavy atom. The lowest BCUT2D eigenvalue weighted by atomic mass is 10.0. The zero-order valence-electron chi connectivity index (χ0n) is 16.4. The summed E-state index contributed by atoms with van der Waals surface area (Å²) >= 11 is 0. The molecule has 2 aromatic rings. The molecule has 0 spiro atoms. The van der Waals surface area contributed by atoms with Crippen molar-refractivity contribution >= 4 is 11.8 Å². The molecule has 2 N–H and O–H groups in total. The van der Waals surface area contributed by atoms with Gasteiger partial charge in [-0.15, -0.1) is 0 Å². The first kappa shape index (κ1) is 19.8. The van der Waals surface area contributed by atoms with Crippen molar-refractivity contribution in [2.45, 2.75) is 13.3 Å². The molecule has 28 heavy (non-hydrogen) atoms. The molecule has 146 valence electrons. The van der Waals surface area contributed by atoms with Crippen molar-refractivity contribution in [1.29, 1.82) is 0 Å². The lowest BCUT2D eigenvalue weighted by molar-refractivity contribution is -0.117. The highest BCUT2D eigenvalue weighted by molar-refractivity contribution is 5.94. The molecule has 0 bridgehead atoms. The van der Waals surface area contributed by atoms with Crippen LogP contribution in [0.1, 0.15) is 22.8 Å². The van der Waals surface area contributed by atoms with Crippen molar-refractivity contribution < 1.29 is 9.59 Å². The normalized spacial score (nSPS) is 14.7. The van der Waals surface area contributed by atoms with E-state index in [1.807, 2.05) is 60.4 Å². The van der Waals surface area contributed by atoms with Crippen molar-refractivity contribution in [3.8, 4) is 11.1 Å². The molecule has 1 aliphatic rings. The van der Waals surface area contributed by atoms with E-state index < -0.39 is 0 Å². The number of amides is 2. The van der Waals surface area contributed by atoms with Gasteiger partial charge in [0.2, 0.25) is 5.91 Å². The summed E-state index contributed by atoms with van der Waals surface area (Å²) in [5.41, 5.74) is 10.1. The van der Waals surface area contributed by atoms with Crippen LogP contribution in [-0.4, -0.2) is 54.3 Å². The van der Waals surface area contributed by atoms with Crippen molar-refractivity contribution in [2.24, 2.45) is 5.73 Å². The maximum absolute atomic E-state index is 12.8. The van der Waals surface area contributed by atoms with E-state index in [0.29, 0.717) is 5.56 Å². The van der Waals surface area contributed by atoms with Gasteiger partial charge in [0.05, 0.1) is 6.42 Å². The summed E-state index contributed by atoms with van der Waals surface area (Å²) in [6.07, 6.45) is 0.243. The maximum atomic E-state index is 12.8. The molecule has 0 atom stereocenters. The molecule has 3 rings (SSSR count). The Kier molecular flexibility index (Phi) is 6.26. The lowest BCUT2D eigenvalue weighted by Crippen LogP contribution is -2.48.